The van der Waals surface area contributed by atoms with Gasteiger partial charge >= 0.3 is 0 Å². The standard InChI is InChI=1S/C11H12BrFN2O/c1-3-11(16-2)15-10-5-7(12)4-9(13)8(10)6-14-15/h4-6,11H,3H2,1-2H3. The first-order valence-corrected chi connectivity index (χ1v) is 5.81. The molecule has 0 amide bonds. The van der Waals surface area contributed by atoms with Gasteiger partial charge in [0, 0.05) is 11.6 Å². The predicted octanol–water partition coefficient (Wildman–Crippen LogP) is 3.49. The molecule has 0 aliphatic rings. The van der Waals surface area contributed by atoms with E-state index in [2.05, 4.69) is 21.0 Å². The Bertz CT molecular complexity index is 508. The molecule has 0 saturated heterocycles. The first kappa shape index (κ1) is 11.5. The Balaban J connectivity index is 2.63. The smallest absolute Gasteiger partial charge is 0.150 e. The quantitative estimate of drug-likeness (QED) is 0.864. The number of fused-ring (bicyclic) bond motifs is 1. The first-order valence-electron chi connectivity index (χ1n) is 5.02. The number of aromatic nitrogens is 2. The highest BCUT2D eigenvalue weighted by Gasteiger charge is 2.14. The Morgan fingerprint density at radius 1 is 1.56 bits per heavy atom. The van der Waals surface area contributed by atoms with Crippen LogP contribution < -0.4 is 0 Å². The maximum atomic E-state index is 13.6. The van der Waals surface area contributed by atoms with Gasteiger partial charge in [0.1, 0.15) is 12.0 Å². The van der Waals surface area contributed by atoms with Crippen LogP contribution in [0, 0.1) is 5.82 Å². The van der Waals surface area contributed by atoms with Gasteiger partial charge in [0.05, 0.1) is 17.1 Å². The van der Waals surface area contributed by atoms with E-state index in [0.717, 1.165) is 11.9 Å². The normalized spacial score (nSPS) is 13.2. The summed E-state index contributed by atoms with van der Waals surface area (Å²) in [5, 5.41) is 4.68. The van der Waals surface area contributed by atoms with Gasteiger partial charge in [-0.25, -0.2) is 9.07 Å². The highest BCUT2D eigenvalue weighted by atomic mass is 79.9. The second kappa shape index (κ2) is 4.51. The van der Waals surface area contributed by atoms with E-state index in [1.807, 2.05) is 13.0 Å². The first-order chi connectivity index (χ1) is 7.67. The van der Waals surface area contributed by atoms with Crippen LogP contribution in [-0.2, 0) is 4.74 Å². The summed E-state index contributed by atoms with van der Waals surface area (Å²) >= 11 is 3.27. The molecule has 2 rings (SSSR count). The molecule has 0 aliphatic heterocycles. The molecule has 1 aromatic carbocycles. The molecule has 86 valence electrons. The number of rotatable bonds is 3. The SMILES string of the molecule is CCC(OC)n1ncc2c(F)cc(Br)cc21. The number of ether oxygens (including phenoxy) is 1. The minimum Gasteiger partial charge on any atom is -0.360 e. The summed E-state index contributed by atoms with van der Waals surface area (Å²) in [4.78, 5) is 0. The fourth-order valence-corrected chi connectivity index (χ4v) is 2.16. The van der Waals surface area contributed by atoms with E-state index in [4.69, 9.17) is 4.74 Å². The van der Waals surface area contributed by atoms with Crippen molar-refractivity contribution in [3.8, 4) is 0 Å². The van der Waals surface area contributed by atoms with E-state index in [1.54, 1.807) is 11.8 Å². The molecule has 1 heterocycles. The third-order valence-electron chi connectivity index (χ3n) is 2.52. The van der Waals surface area contributed by atoms with Crippen molar-refractivity contribution < 1.29 is 9.13 Å². The molecule has 2 aromatic rings. The molecule has 1 unspecified atom stereocenters. The summed E-state index contributed by atoms with van der Waals surface area (Å²) in [6.07, 6.45) is 2.14. The van der Waals surface area contributed by atoms with Gasteiger partial charge in [-0.3, -0.25) is 0 Å². The summed E-state index contributed by atoms with van der Waals surface area (Å²) in [5.74, 6) is -0.276. The Kier molecular flexibility index (Phi) is 3.25. The van der Waals surface area contributed by atoms with Crippen LogP contribution in [0.15, 0.2) is 22.8 Å². The number of halogens is 2. The summed E-state index contributed by atoms with van der Waals surface area (Å²) in [6, 6.07) is 3.27. The lowest BCUT2D eigenvalue weighted by molar-refractivity contribution is 0.0346. The van der Waals surface area contributed by atoms with E-state index >= 15 is 0 Å². The second-order valence-corrected chi connectivity index (χ2v) is 4.42. The molecule has 5 heteroatoms. The second-order valence-electron chi connectivity index (χ2n) is 3.51. The van der Waals surface area contributed by atoms with E-state index in [0.29, 0.717) is 9.86 Å². The Morgan fingerprint density at radius 2 is 2.31 bits per heavy atom. The summed E-state index contributed by atoms with van der Waals surface area (Å²) in [5.41, 5.74) is 0.737. The van der Waals surface area contributed by atoms with Gasteiger partial charge in [-0.2, -0.15) is 5.10 Å². The lowest BCUT2D eigenvalue weighted by Crippen LogP contribution is -2.11. The number of benzene rings is 1. The molecule has 1 aromatic heterocycles. The zero-order valence-corrected chi connectivity index (χ0v) is 10.7. The average molecular weight is 287 g/mol. The van der Waals surface area contributed by atoms with Crippen molar-refractivity contribution in [2.24, 2.45) is 0 Å². The minimum absolute atomic E-state index is 0.161. The molecule has 0 fully saturated rings. The summed E-state index contributed by atoms with van der Waals surface area (Å²) in [6.45, 7) is 2.00. The maximum Gasteiger partial charge on any atom is 0.150 e. The highest BCUT2D eigenvalue weighted by molar-refractivity contribution is 9.10. The molecule has 0 N–H and O–H groups in total. The van der Waals surface area contributed by atoms with Crippen LogP contribution in [0.4, 0.5) is 4.39 Å². The number of hydrogen-bond donors (Lipinski definition) is 0. The molecule has 1 atom stereocenters. The van der Waals surface area contributed by atoms with Crippen LogP contribution in [0.1, 0.15) is 19.6 Å². The third-order valence-corrected chi connectivity index (χ3v) is 2.98. The number of nitrogens with zero attached hydrogens (tertiary/aromatic N) is 2. The largest absolute Gasteiger partial charge is 0.360 e. The fraction of sp³-hybridized carbons (Fsp3) is 0.364. The van der Waals surface area contributed by atoms with Crippen molar-refractivity contribution in [3.63, 3.8) is 0 Å². The monoisotopic (exact) mass is 286 g/mol. The van der Waals surface area contributed by atoms with E-state index in [-0.39, 0.29) is 12.0 Å². The lowest BCUT2D eigenvalue weighted by Gasteiger charge is -2.14. The Hall–Kier alpha value is -0.940. The van der Waals surface area contributed by atoms with Gasteiger partial charge in [-0.1, -0.05) is 22.9 Å². The molecule has 16 heavy (non-hydrogen) atoms. The van der Waals surface area contributed by atoms with Crippen LogP contribution in [-0.4, -0.2) is 16.9 Å². The van der Waals surface area contributed by atoms with Crippen LogP contribution in [0.25, 0.3) is 10.9 Å². The van der Waals surface area contributed by atoms with Gasteiger partial charge in [0.2, 0.25) is 0 Å². The summed E-state index contributed by atoms with van der Waals surface area (Å²) < 4.78 is 21.3. The van der Waals surface area contributed by atoms with Gasteiger partial charge in [0.25, 0.3) is 0 Å². The fourth-order valence-electron chi connectivity index (χ4n) is 1.74. The maximum absolute atomic E-state index is 13.6. The van der Waals surface area contributed by atoms with Crippen molar-refractivity contribution in [1.82, 2.24) is 9.78 Å². The predicted molar refractivity (Wildman–Crippen MR) is 63.7 cm³/mol. The molecule has 0 bridgehead atoms. The van der Waals surface area contributed by atoms with Crippen molar-refractivity contribution in [1.29, 1.82) is 0 Å². The molecule has 0 spiro atoms. The topological polar surface area (TPSA) is 27.1 Å². The molecule has 0 radical (unpaired) electrons. The van der Waals surface area contributed by atoms with Gasteiger partial charge < -0.3 is 4.74 Å². The van der Waals surface area contributed by atoms with Crippen molar-refractivity contribution >= 4 is 26.8 Å². The number of methoxy groups -OCH3 is 1. The third kappa shape index (κ3) is 1.85. The molecular weight excluding hydrogens is 275 g/mol. The van der Waals surface area contributed by atoms with Crippen LogP contribution in [0.3, 0.4) is 0 Å². The zero-order valence-electron chi connectivity index (χ0n) is 9.08. The zero-order chi connectivity index (χ0) is 11.7. The van der Waals surface area contributed by atoms with E-state index in [9.17, 15) is 4.39 Å². The molecular formula is C11H12BrFN2O. The highest BCUT2D eigenvalue weighted by Crippen LogP contribution is 2.26. The summed E-state index contributed by atoms with van der Waals surface area (Å²) in [7, 11) is 1.62. The molecule has 0 aliphatic carbocycles. The van der Waals surface area contributed by atoms with Crippen LogP contribution >= 0.6 is 15.9 Å². The Morgan fingerprint density at radius 3 is 2.94 bits per heavy atom. The van der Waals surface area contributed by atoms with Gasteiger partial charge in [-0.15, -0.1) is 0 Å². The number of hydrogen-bond acceptors (Lipinski definition) is 2. The van der Waals surface area contributed by atoms with E-state index < -0.39 is 0 Å². The van der Waals surface area contributed by atoms with Crippen LogP contribution in [0.5, 0.6) is 0 Å². The van der Waals surface area contributed by atoms with Gasteiger partial charge in [-0.05, 0) is 18.6 Å². The van der Waals surface area contributed by atoms with Crippen molar-refractivity contribution in [2.45, 2.75) is 19.6 Å². The van der Waals surface area contributed by atoms with Crippen LogP contribution in [0.2, 0.25) is 0 Å². The lowest BCUT2D eigenvalue weighted by atomic mass is 10.2. The van der Waals surface area contributed by atoms with Crippen molar-refractivity contribution in [2.75, 3.05) is 7.11 Å². The minimum atomic E-state index is -0.276. The Labute approximate surface area is 101 Å². The van der Waals surface area contributed by atoms with E-state index in [1.165, 1.54) is 12.3 Å². The van der Waals surface area contributed by atoms with Gasteiger partial charge in [0.15, 0.2) is 0 Å². The molecule has 0 saturated carbocycles. The van der Waals surface area contributed by atoms with Crippen molar-refractivity contribution in [3.05, 3.63) is 28.6 Å². The average Bonchev–Trinajstić information content (AvgIpc) is 2.64. The molecule has 3 nitrogen and oxygen atoms in total.